The van der Waals surface area contributed by atoms with Gasteiger partial charge in [-0.25, -0.2) is 4.42 Å². The van der Waals surface area contributed by atoms with Gasteiger partial charge >= 0.3 is 11.3 Å². The molecule has 11 nitrogen and oxygen atoms in total. The molecule has 3 aromatic rings. The first-order valence-electron chi connectivity index (χ1n) is 9.91. The van der Waals surface area contributed by atoms with Crippen LogP contribution in [0.3, 0.4) is 0 Å². The molecule has 0 amide bonds. The lowest BCUT2D eigenvalue weighted by Gasteiger charge is -2.39. The second-order valence-electron chi connectivity index (χ2n) is 7.52. The SMILES string of the molecule is COc1cc(-c2[o+]c3cc(O)cc(O)c3cc2O[C@@H]2OC(CO)[C@@H](O)C(O)C2O)ccc1O. The van der Waals surface area contributed by atoms with E-state index in [1.165, 1.54) is 37.4 Å². The minimum Gasteiger partial charge on any atom is -0.507 e. The summed E-state index contributed by atoms with van der Waals surface area (Å²) >= 11 is 0. The average molecular weight is 463 g/mol. The van der Waals surface area contributed by atoms with E-state index in [2.05, 4.69) is 0 Å². The highest BCUT2D eigenvalue weighted by Gasteiger charge is 2.45. The molecule has 5 atom stereocenters. The largest absolute Gasteiger partial charge is 0.507 e. The van der Waals surface area contributed by atoms with Gasteiger partial charge in [-0.3, -0.25) is 0 Å². The van der Waals surface area contributed by atoms with Crippen LogP contribution >= 0.6 is 0 Å². The van der Waals surface area contributed by atoms with E-state index in [9.17, 15) is 35.7 Å². The molecular weight excluding hydrogens is 440 g/mol. The molecule has 2 heterocycles. The summed E-state index contributed by atoms with van der Waals surface area (Å²) < 4.78 is 22.2. The second kappa shape index (κ2) is 8.89. The van der Waals surface area contributed by atoms with Crippen molar-refractivity contribution in [3.05, 3.63) is 36.4 Å². The average Bonchev–Trinajstić information content (AvgIpc) is 2.79. The zero-order valence-electron chi connectivity index (χ0n) is 17.3. The van der Waals surface area contributed by atoms with Crippen molar-refractivity contribution in [1.29, 1.82) is 0 Å². The fraction of sp³-hybridized carbons (Fsp3) is 0.318. The maximum Gasteiger partial charge on any atom is 0.402 e. The third kappa shape index (κ3) is 4.19. The second-order valence-corrected chi connectivity index (χ2v) is 7.52. The lowest BCUT2D eigenvalue weighted by Crippen LogP contribution is -2.60. The van der Waals surface area contributed by atoms with E-state index in [1.54, 1.807) is 0 Å². The number of methoxy groups -OCH3 is 1. The Bertz CT molecular complexity index is 1160. The molecule has 0 radical (unpaired) electrons. The topological polar surface area (TPSA) is 181 Å². The monoisotopic (exact) mass is 463 g/mol. The normalized spacial score (nSPS) is 25.2. The fourth-order valence-corrected chi connectivity index (χ4v) is 3.58. The van der Waals surface area contributed by atoms with Crippen LogP contribution in [-0.4, -0.2) is 80.2 Å². The summed E-state index contributed by atoms with van der Waals surface area (Å²) in [6.07, 6.45) is -7.65. The van der Waals surface area contributed by atoms with Crippen molar-refractivity contribution in [2.24, 2.45) is 0 Å². The molecule has 3 unspecified atom stereocenters. The minimum atomic E-state index is -1.69. The van der Waals surface area contributed by atoms with Gasteiger partial charge in [0.25, 0.3) is 0 Å². The van der Waals surface area contributed by atoms with Gasteiger partial charge in [0.1, 0.15) is 41.3 Å². The number of rotatable bonds is 5. The van der Waals surface area contributed by atoms with Crippen LogP contribution < -0.4 is 9.47 Å². The van der Waals surface area contributed by atoms with Crippen molar-refractivity contribution in [3.8, 4) is 40.1 Å². The Kier molecular flexibility index (Phi) is 6.15. The summed E-state index contributed by atoms with van der Waals surface area (Å²) in [6, 6.07) is 8.02. The number of benzene rings is 2. The van der Waals surface area contributed by atoms with Crippen LogP contribution in [0, 0.1) is 0 Å². The van der Waals surface area contributed by atoms with Gasteiger partial charge in [-0.15, -0.1) is 0 Å². The molecule has 33 heavy (non-hydrogen) atoms. The number of fused-ring (bicyclic) bond motifs is 1. The first kappa shape index (κ1) is 22.8. The lowest BCUT2D eigenvalue weighted by molar-refractivity contribution is -0.277. The predicted molar refractivity (Wildman–Crippen MR) is 112 cm³/mol. The van der Waals surface area contributed by atoms with Crippen molar-refractivity contribution >= 4 is 11.0 Å². The van der Waals surface area contributed by atoms with Crippen molar-refractivity contribution in [2.45, 2.75) is 30.7 Å². The highest BCUT2D eigenvalue weighted by atomic mass is 16.7. The first-order chi connectivity index (χ1) is 15.7. The molecule has 0 aliphatic carbocycles. The fourth-order valence-electron chi connectivity index (χ4n) is 3.58. The molecule has 11 heteroatoms. The maximum absolute atomic E-state index is 10.4. The van der Waals surface area contributed by atoms with E-state index >= 15 is 0 Å². The van der Waals surface area contributed by atoms with Crippen molar-refractivity contribution in [1.82, 2.24) is 0 Å². The Labute approximate surface area is 186 Å². The smallest absolute Gasteiger partial charge is 0.402 e. The van der Waals surface area contributed by atoms with Crippen molar-refractivity contribution in [3.63, 3.8) is 0 Å². The summed E-state index contributed by atoms with van der Waals surface area (Å²) in [5, 5.41) is 70.0. The van der Waals surface area contributed by atoms with Crippen LogP contribution in [0.25, 0.3) is 22.3 Å². The third-order valence-electron chi connectivity index (χ3n) is 5.35. The van der Waals surface area contributed by atoms with E-state index in [0.717, 1.165) is 6.07 Å². The first-order valence-corrected chi connectivity index (χ1v) is 9.91. The number of ether oxygens (including phenoxy) is 3. The summed E-state index contributed by atoms with van der Waals surface area (Å²) in [5.41, 5.74) is 0.449. The summed E-state index contributed by atoms with van der Waals surface area (Å²) in [5.74, 6) is -0.583. The summed E-state index contributed by atoms with van der Waals surface area (Å²) in [7, 11) is 1.36. The molecule has 176 valence electrons. The van der Waals surface area contributed by atoms with Gasteiger partial charge in [0.05, 0.1) is 25.3 Å². The lowest BCUT2D eigenvalue weighted by atomic mass is 9.99. The number of aromatic hydroxyl groups is 3. The zero-order chi connectivity index (χ0) is 23.9. The highest BCUT2D eigenvalue weighted by Crippen LogP contribution is 2.42. The van der Waals surface area contributed by atoms with Gasteiger partial charge < -0.3 is 50.0 Å². The molecule has 1 saturated heterocycles. The predicted octanol–water partition coefficient (Wildman–Crippen LogP) is 0.685. The Morgan fingerprint density at radius 2 is 1.67 bits per heavy atom. The minimum absolute atomic E-state index is 0.0442. The number of hydrogen-bond donors (Lipinski definition) is 7. The van der Waals surface area contributed by atoms with Gasteiger partial charge in [0, 0.05) is 18.2 Å². The van der Waals surface area contributed by atoms with Crippen LogP contribution in [-0.2, 0) is 4.74 Å². The molecule has 1 aliphatic rings. The number of aliphatic hydroxyl groups excluding tert-OH is 4. The maximum atomic E-state index is 10.4. The molecule has 2 aromatic carbocycles. The number of aliphatic hydroxyl groups is 4. The summed E-state index contributed by atoms with van der Waals surface area (Å²) in [6.45, 7) is -0.644. The quantitative estimate of drug-likeness (QED) is 0.264. The number of phenolic OH excluding ortho intramolecular Hbond substituents is 3. The van der Waals surface area contributed by atoms with E-state index in [1.807, 2.05) is 0 Å². The van der Waals surface area contributed by atoms with Crippen LogP contribution in [0.5, 0.6) is 28.7 Å². The van der Waals surface area contributed by atoms with Crippen LogP contribution in [0.15, 0.2) is 40.8 Å². The molecular formula is C22H23O11+. The van der Waals surface area contributed by atoms with E-state index in [4.69, 9.17) is 18.6 Å². The van der Waals surface area contributed by atoms with Gasteiger partial charge in [-0.2, -0.15) is 0 Å². The van der Waals surface area contributed by atoms with Crippen LogP contribution in [0.4, 0.5) is 0 Å². The number of hydrogen-bond acceptors (Lipinski definition) is 10. The standard InChI is InChI=1S/C22H22O11/c1-30-15-4-9(2-3-12(15)25)21-16(7-11-13(26)5-10(24)6-14(11)31-21)32-22-20(29)19(28)18(27)17(8-23)33-22/h2-7,17-20,22-23,27-29H,8H2,1H3,(H2-,24,25,26)/p+1/t17?,18-,19?,20?,22-/m1/s1. The van der Waals surface area contributed by atoms with Gasteiger partial charge in [-0.05, 0) is 12.1 Å². The zero-order valence-corrected chi connectivity index (χ0v) is 17.3. The van der Waals surface area contributed by atoms with E-state index in [0.29, 0.717) is 5.56 Å². The summed E-state index contributed by atoms with van der Waals surface area (Å²) in [4.78, 5) is 0. The molecule has 7 N–H and O–H groups in total. The molecule has 0 saturated carbocycles. The van der Waals surface area contributed by atoms with E-state index in [-0.39, 0.29) is 45.5 Å². The van der Waals surface area contributed by atoms with Crippen LogP contribution in [0.1, 0.15) is 0 Å². The molecule has 1 aliphatic heterocycles. The Balaban J connectivity index is 1.84. The molecule has 0 bridgehead atoms. The highest BCUT2D eigenvalue weighted by molar-refractivity contribution is 5.88. The molecule has 1 aromatic heterocycles. The molecule has 1 fully saturated rings. The molecule has 0 spiro atoms. The Morgan fingerprint density at radius 1 is 0.909 bits per heavy atom. The Hall–Kier alpha value is -3.35. The van der Waals surface area contributed by atoms with Crippen molar-refractivity contribution in [2.75, 3.05) is 13.7 Å². The third-order valence-corrected chi connectivity index (χ3v) is 5.35. The van der Waals surface area contributed by atoms with Crippen LogP contribution in [0.2, 0.25) is 0 Å². The van der Waals surface area contributed by atoms with Gasteiger partial charge in [-0.1, -0.05) is 0 Å². The van der Waals surface area contributed by atoms with Crippen molar-refractivity contribution < 1.29 is 54.4 Å². The van der Waals surface area contributed by atoms with Gasteiger partial charge in [0.15, 0.2) is 11.5 Å². The Morgan fingerprint density at radius 3 is 2.36 bits per heavy atom. The van der Waals surface area contributed by atoms with E-state index < -0.39 is 37.3 Å². The molecule has 4 rings (SSSR count). The number of phenols is 3. The van der Waals surface area contributed by atoms with Gasteiger partial charge in [0.2, 0.25) is 12.0 Å².